The Morgan fingerprint density at radius 3 is 1.03 bits per heavy atom. The molecule has 2 aromatic rings. The van der Waals surface area contributed by atoms with Crippen LogP contribution in [0.1, 0.15) is 0 Å². The summed E-state index contributed by atoms with van der Waals surface area (Å²) in [6.07, 6.45) is 0. The molecule has 0 radical (unpaired) electrons. The Labute approximate surface area is 193 Å². The molecule has 0 heterocycles. The zero-order valence-corrected chi connectivity index (χ0v) is 19.7. The van der Waals surface area contributed by atoms with E-state index < -0.39 is 25.5 Å². The van der Waals surface area contributed by atoms with Crippen LogP contribution >= 0.6 is 15.6 Å². The van der Waals surface area contributed by atoms with Gasteiger partial charge in [0.05, 0.1) is 9.85 Å². The van der Waals surface area contributed by atoms with Gasteiger partial charge in [-0.15, -0.1) is 0 Å². The zero-order chi connectivity index (χ0) is 21.5. The van der Waals surface area contributed by atoms with Crippen LogP contribution in [0.3, 0.4) is 0 Å². The van der Waals surface area contributed by atoms with Gasteiger partial charge in [0.1, 0.15) is 27.1 Å². The van der Waals surface area contributed by atoms with Crippen LogP contribution in [0.25, 0.3) is 0 Å². The predicted octanol–water partition coefficient (Wildman–Crippen LogP) is -0.395. The minimum absolute atomic E-state index is 0. The van der Waals surface area contributed by atoms with Crippen LogP contribution in [0.5, 0.6) is 11.5 Å². The molecule has 0 atom stereocenters. The Kier molecular flexibility index (Phi) is 11.0. The van der Waals surface area contributed by atoms with Crippen LogP contribution in [0, 0.1) is 60.2 Å². The van der Waals surface area contributed by atoms with Crippen molar-refractivity contribution in [3.8, 4) is 11.5 Å². The number of phosphoric ester groups is 2. The van der Waals surface area contributed by atoms with Crippen LogP contribution in [-0.4, -0.2) is 9.85 Å². The van der Waals surface area contributed by atoms with Crippen molar-refractivity contribution in [3.63, 3.8) is 0 Å². The molecule has 0 aromatic heterocycles. The van der Waals surface area contributed by atoms with Gasteiger partial charge in [0.15, 0.2) is 0 Å². The molecular weight excluding hydrogens is 658 g/mol. The smallest absolute Gasteiger partial charge is 0.780 e. The van der Waals surface area contributed by atoms with Crippen molar-refractivity contribution in [1.82, 2.24) is 0 Å². The number of nitro benzene ring substituents is 2. The molecule has 0 saturated heterocycles. The number of phosphoric acid groups is 2. The zero-order valence-electron chi connectivity index (χ0n) is 13.8. The molecule has 0 aliphatic carbocycles. The molecule has 14 nitrogen and oxygen atoms in total. The molecule has 0 amide bonds. The van der Waals surface area contributed by atoms with Gasteiger partial charge in [-0.25, -0.2) is 0 Å². The minimum Gasteiger partial charge on any atom is -0.780 e. The Morgan fingerprint density at radius 1 is 0.621 bits per heavy atom. The number of nitro groups is 2. The molecule has 152 valence electrons. The third-order valence-electron chi connectivity index (χ3n) is 2.53. The third-order valence-corrected chi connectivity index (χ3v) is 3.40. The quantitative estimate of drug-likeness (QED) is 0.218. The fourth-order valence-electron chi connectivity index (χ4n) is 1.52. The Morgan fingerprint density at radius 2 is 0.862 bits per heavy atom. The SMILES string of the molecule is O=[N+]([O-])c1ccc(OP(=O)([O-])[O-])cc1.O=[N+]([O-])c1ccc(OP(=O)([O-])[O-])cc1.[Th+4]. The van der Waals surface area contributed by atoms with Crippen LogP contribution in [0.4, 0.5) is 11.4 Å². The van der Waals surface area contributed by atoms with Gasteiger partial charge < -0.3 is 37.8 Å². The van der Waals surface area contributed by atoms with E-state index in [2.05, 4.69) is 9.05 Å². The van der Waals surface area contributed by atoms with E-state index in [1.165, 1.54) is 0 Å². The van der Waals surface area contributed by atoms with Crippen molar-refractivity contribution in [2.75, 3.05) is 0 Å². The summed E-state index contributed by atoms with van der Waals surface area (Å²) in [5.74, 6) is -0.493. The van der Waals surface area contributed by atoms with Gasteiger partial charge in [0.25, 0.3) is 11.4 Å². The van der Waals surface area contributed by atoms with Gasteiger partial charge >= 0.3 is 39.9 Å². The predicted molar refractivity (Wildman–Crippen MR) is 82.7 cm³/mol. The minimum atomic E-state index is -5.10. The first-order valence-electron chi connectivity index (χ1n) is 6.69. The topological polar surface area (TPSA) is 231 Å². The molecule has 0 fully saturated rings. The van der Waals surface area contributed by atoms with E-state index in [9.17, 15) is 48.9 Å². The second-order valence-electron chi connectivity index (χ2n) is 4.58. The Bertz CT molecular complexity index is 847. The van der Waals surface area contributed by atoms with Crippen LogP contribution in [0.15, 0.2) is 48.5 Å². The molecule has 0 aliphatic heterocycles. The van der Waals surface area contributed by atoms with E-state index in [0.29, 0.717) is 0 Å². The molecular formula is C12H8N2O12P2Th. The fourth-order valence-corrected chi connectivity index (χ4v) is 2.28. The summed E-state index contributed by atoms with van der Waals surface area (Å²) >= 11 is 0. The molecule has 0 spiro atoms. The van der Waals surface area contributed by atoms with E-state index in [0.717, 1.165) is 48.5 Å². The number of benzene rings is 2. The monoisotopic (exact) mass is 666 g/mol. The van der Waals surface area contributed by atoms with Gasteiger partial charge in [-0.1, -0.05) is 0 Å². The standard InChI is InChI=1S/2C6H6NO6P.Th/c2*8-7(9)5-1-3-6(4-2-5)13-14(10,11)12;/h2*1-4H,(H2,10,11,12);/q;;+4/p-4. The summed E-state index contributed by atoms with van der Waals surface area (Å²) < 4.78 is 28.2. The molecule has 2 rings (SSSR count). The van der Waals surface area contributed by atoms with E-state index in [1.54, 1.807) is 0 Å². The van der Waals surface area contributed by atoms with Crippen LogP contribution in [0.2, 0.25) is 0 Å². The van der Waals surface area contributed by atoms with Crippen molar-refractivity contribution in [2.24, 2.45) is 0 Å². The maximum atomic E-state index is 10.2. The molecule has 29 heavy (non-hydrogen) atoms. The molecule has 0 unspecified atom stereocenters. The van der Waals surface area contributed by atoms with Gasteiger partial charge in [-0.3, -0.25) is 20.2 Å². The van der Waals surface area contributed by atoms with Crippen molar-refractivity contribution >= 4 is 27.0 Å². The number of hydrogen-bond acceptors (Lipinski definition) is 12. The van der Waals surface area contributed by atoms with Crippen LogP contribution < -0.4 is 28.6 Å². The first-order chi connectivity index (χ1) is 12.8. The molecule has 0 N–H and O–H groups in total. The summed E-state index contributed by atoms with van der Waals surface area (Å²) in [7, 11) is -10.2. The first-order valence-corrected chi connectivity index (χ1v) is 9.61. The maximum Gasteiger partial charge on any atom is 4.00 e. The van der Waals surface area contributed by atoms with E-state index in [4.69, 9.17) is 0 Å². The molecule has 17 heteroatoms. The van der Waals surface area contributed by atoms with Crippen LogP contribution in [-0.2, 0) is 9.13 Å². The van der Waals surface area contributed by atoms with E-state index in [1.807, 2.05) is 0 Å². The van der Waals surface area contributed by atoms with Gasteiger partial charge in [-0.2, -0.15) is 0 Å². The third kappa shape index (κ3) is 11.9. The normalized spacial score (nSPS) is 10.6. The number of non-ortho nitro benzene ring substituents is 2. The first kappa shape index (κ1) is 27.5. The molecule has 0 bridgehead atoms. The van der Waals surface area contributed by atoms with Crippen molar-refractivity contribution in [2.45, 2.75) is 0 Å². The Hall–Kier alpha value is -1.54. The number of nitrogens with zero attached hydrogens (tertiary/aromatic N) is 2. The van der Waals surface area contributed by atoms with Gasteiger partial charge in [0, 0.05) is 24.3 Å². The van der Waals surface area contributed by atoms with E-state index >= 15 is 0 Å². The summed E-state index contributed by atoms with van der Waals surface area (Å²) in [5.41, 5.74) is -0.437. The molecule has 2 aromatic carbocycles. The summed E-state index contributed by atoms with van der Waals surface area (Å²) in [4.78, 5) is 59.6. The second-order valence-corrected chi connectivity index (χ2v) is 6.73. The fraction of sp³-hybridized carbons (Fsp3) is 0. The molecule has 0 saturated carbocycles. The number of rotatable bonds is 6. The summed E-state index contributed by atoms with van der Waals surface area (Å²) in [6.45, 7) is 0. The maximum absolute atomic E-state index is 10.2. The average Bonchev–Trinajstić information content (AvgIpc) is 2.53. The average molecular weight is 666 g/mol. The summed E-state index contributed by atoms with van der Waals surface area (Å²) in [5, 5.41) is 20.4. The van der Waals surface area contributed by atoms with Crippen molar-refractivity contribution < 1.29 is 87.5 Å². The second kappa shape index (κ2) is 11.6. The molecule has 0 aliphatic rings. The largest absolute Gasteiger partial charge is 4.00 e. The summed E-state index contributed by atoms with van der Waals surface area (Å²) in [6, 6.07) is 8.24. The Balaban J connectivity index is 0.000000523. The number of hydrogen-bond donors (Lipinski definition) is 0. The van der Waals surface area contributed by atoms with Gasteiger partial charge in [-0.05, 0) is 24.3 Å². The van der Waals surface area contributed by atoms with Crippen molar-refractivity contribution in [1.29, 1.82) is 0 Å². The van der Waals surface area contributed by atoms with Gasteiger partial charge in [0.2, 0.25) is 0 Å². The van der Waals surface area contributed by atoms with E-state index in [-0.39, 0.29) is 62.8 Å². The van der Waals surface area contributed by atoms with Crippen molar-refractivity contribution in [3.05, 3.63) is 68.8 Å².